The highest BCUT2D eigenvalue weighted by Gasteiger charge is 2.31. The lowest BCUT2D eigenvalue weighted by molar-refractivity contribution is -0.129. The summed E-state index contributed by atoms with van der Waals surface area (Å²) in [6.45, 7) is 4.57. The molecule has 1 aromatic carbocycles. The van der Waals surface area contributed by atoms with Gasteiger partial charge in [-0.1, -0.05) is 35.0 Å². The number of rotatable bonds is 9. The second-order valence-corrected chi connectivity index (χ2v) is 10.1. The summed E-state index contributed by atoms with van der Waals surface area (Å²) in [4.78, 5) is 30.3. The van der Waals surface area contributed by atoms with Crippen molar-refractivity contribution in [3.8, 4) is 5.75 Å². The van der Waals surface area contributed by atoms with Crippen LogP contribution >= 0.6 is 46.3 Å². The average Bonchev–Trinajstić information content (AvgIpc) is 3.26. The van der Waals surface area contributed by atoms with E-state index in [9.17, 15) is 9.59 Å². The van der Waals surface area contributed by atoms with Gasteiger partial charge < -0.3 is 14.4 Å². The molecule has 1 saturated heterocycles. The van der Waals surface area contributed by atoms with E-state index in [1.807, 2.05) is 4.90 Å². The van der Waals surface area contributed by atoms with E-state index < -0.39 is 5.97 Å². The standard InChI is InChI=1S/C20H22Cl2N2O4S2/c1-12(2)28-19(26)17-11-30-20(23-17)29-6-5-24-15(3-4-18(24)25)10-27-16-8-13(21)7-14(22)9-16/h7-9,11-12,15H,3-6,10H2,1-2H3/t15-/m1/s1. The summed E-state index contributed by atoms with van der Waals surface area (Å²) >= 11 is 14.9. The van der Waals surface area contributed by atoms with Crippen LogP contribution < -0.4 is 4.74 Å². The van der Waals surface area contributed by atoms with Crippen molar-refractivity contribution in [3.63, 3.8) is 0 Å². The van der Waals surface area contributed by atoms with Crippen molar-refractivity contribution in [2.45, 2.75) is 43.2 Å². The number of halogens is 2. The molecule has 1 amide bonds. The van der Waals surface area contributed by atoms with Crippen molar-refractivity contribution in [3.05, 3.63) is 39.3 Å². The number of esters is 1. The zero-order valence-corrected chi connectivity index (χ0v) is 19.7. The maximum atomic E-state index is 12.3. The number of hydrogen-bond donors (Lipinski definition) is 0. The first kappa shape index (κ1) is 23.2. The van der Waals surface area contributed by atoms with Crippen LogP contribution in [0, 0.1) is 0 Å². The minimum Gasteiger partial charge on any atom is -0.491 e. The van der Waals surface area contributed by atoms with E-state index in [4.69, 9.17) is 32.7 Å². The first-order chi connectivity index (χ1) is 14.3. The second-order valence-electron chi connectivity index (χ2n) is 7.00. The minimum atomic E-state index is -0.416. The van der Waals surface area contributed by atoms with E-state index >= 15 is 0 Å². The molecular weight excluding hydrogens is 467 g/mol. The van der Waals surface area contributed by atoms with Gasteiger partial charge in [-0.15, -0.1) is 11.3 Å². The van der Waals surface area contributed by atoms with E-state index in [0.29, 0.717) is 46.8 Å². The van der Waals surface area contributed by atoms with Gasteiger partial charge in [-0.05, 0) is 38.5 Å². The van der Waals surface area contributed by atoms with E-state index in [-0.39, 0.29) is 18.1 Å². The largest absolute Gasteiger partial charge is 0.491 e. The fraction of sp³-hybridized carbons (Fsp3) is 0.450. The van der Waals surface area contributed by atoms with E-state index in [0.717, 1.165) is 10.8 Å². The molecule has 0 unspecified atom stereocenters. The molecule has 3 rings (SSSR count). The fourth-order valence-corrected chi connectivity index (χ4v) is 5.31. The number of carbonyl (C=O) groups is 2. The van der Waals surface area contributed by atoms with Gasteiger partial charge >= 0.3 is 5.97 Å². The number of ether oxygens (including phenoxy) is 2. The number of carbonyl (C=O) groups excluding carboxylic acids is 2. The molecular formula is C20H22Cl2N2O4S2. The van der Waals surface area contributed by atoms with Crippen LogP contribution in [-0.2, 0) is 9.53 Å². The van der Waals surface area contributed by atoms with Gasteiger partial charge in [-0.2, -0.15) is 0 Å². The normalized spacial score (nSPS) is 16.4. The third-order valence-electron chi connectivity index (χ3n) is 4.32. The van der Waals surface area contributed by atoms with Crippen LogP contribution in [0.15, 0.2) is 27.9 Å². The molecule has 2 aromatic rings. The van der Waals surface area contributed by atoms with Crippen molar-refractivity contribution in [2.24, 2.45) is 0 Å². The van der Waals surface area contributed by atoms with Crippen LogP contribution in [0.5, 0.6) is 5.75 Å². The summed E-state index contributed by atoms with van der Waals surface area (Å²) in [5, 5.41) is 2.71. The van der Waals surface area contributed by atoms with Gasteiger partial charge in [0.1, 0.15) is 12.4 Å². The van der Waals surface area contributed by atoms with Crippen LogP contribution in [0.4, 0.5) is 0 Å². The molecule has 1 aliphatic heterocycles. The number of thioether (sulfide) groups is 1. The third-order valence-corrected chi connectivity index (χ3v) is 6.76. The van der Waals surface area contributed by atoms with Gasteiger partial charge in [0, 0.05) is 34.1 Å². The Bertz CT molecular complexity index is 886. The van der Waals surface area contributed by atoms with Crippen LogP contribution in [-0.4, -0.2) is 52.8 Å². The Morgan fingerprint density at radius 3 is 2.77 bits per heavy atom. The van der Waals surface area contributed by atoms with Crippen molar-refractivity contribution in [1.82, 2.24) is 9.88 Å². The van der Waals surface area contributed by atoms with Crippen molar-refractivity contribution < 1.29 is 19.1 Å². The molecule has 1 aromatic heterocycles. The summed E-state index contributed by atoms with van der Waals surface area (Å²) < 4.78 is 11.8. The summed E-state index contributed by atoms with van der Waals surface area (Å²) in [5.74, 6) is 0.969. The summed E-state index contributed by atoms with van der Waals surface area (Å²) in [6, 6.07) is 5.05. The Morgan fingerprint density at radius 2 is 2.07 bits per heavy atom. The van der Waals surface area contributed by atoms with E-state index in [1.54, 1.807) is 37.4 Å². The monoisotopic (exact) mass is 488 g/mol. The summed E-state index contributed by atoms with van der Waals surface area (Å²) in [6.07, 6.45) is 1.08. The topological polar surface area (TPSA) is 68.7 Å². The molecule has 0 N–H and O–H groups in total. The van der Waals surface area contributed by atoms with Crippen molar-refractivity contribution >= 4 is 58.2 Å². The quantitative estimate of drug-likeness (QED) is 0.357. The predicted octanol–water partition coefficient (Wildman–Crippen LogP) is 5.18. The number of hydrogen-bond acceptors (Lipinski definition) is 7. The number of amides is 1. The lowest BCUT2D eigenvalue weighted by Gasteiger charge is -2.24. The van der Waals surface area contributed by atoms with Gasteiger partial charge in [-0.3, -0.25) is 4.79 Å². The van der Waals surface area contributed by atoms with Gasteiger partial charge in [0.15, 0.2) is 10.0 Å². The summed E-state index contributed by atoms with van der Waals surface area (Å²) in [7, 11) is 0. The zero-order valence-electron chi connectivity index (χ0n) is 16.6. The molecule has 1 atom stereocenters. The number of aromatic nitrogens is 1. The minimum absolute atomic E-state index is 0.00346. The van der Waals surface area contributed by atoms with Crippen LogP contribution in [0.3, 0.4) is 0 Å². The number of thiazole rings is 1. The van der Waals surface area contributed by atoms with Crippen LogP contribution in [0.25, 0.3) is 0 Å². The molecule has 0 radical (unpaired) electrons. The van der Waals surface area contributed by atoms with E-state index in [1.165, 1.54) is 23.1 Å². The van der Waals surface area contributed by atoms with E-state index in [2.05, 4.69) is 4.98 Å². The molecule has 0 saturated carbocycles. The Kier molecular flexibility index (Phi) is 8.27. The highest BCUT2D eigenvalue weighted by molar-refractivity contribution is 8.01. The molecule has 0 aliphatic carbocycles. The Morgan fingerprint density at radius 1 is 1.33 bits per heavy atom. The molecule has 0 spiro atoms. The molecule has 6 nitrogen and oxygen atoms in total. The van der Waals surface area contributed by atoms with Gasteiger partial charge in [0.2, 0.25) is 5.91 Å². The molecule has 30 heavy (non-hydrogen) atoms. The smallest absolute Gasteiger partial charge is 0.358 e. The number of nitrogens with zero attached hydrogens (tertiary/aromatic N) is 2. The maximum Gasteiger partial charge on any atom is 0.358 e. The van der Waals surface area contributed by atoms with Gasteiger partial charge in [0.05, 0.1) is 12.1 Å². The van der Waals surface area contributed by atoms with Crippen LogP contribution in [0.2, 0.25) is 10.0 Å². The molecule has 162 valence electrons. The summed E-state index contributed by atoms with van der Waals surface area (Å²) in [5.41, 5.74) is 0.319. The average molecular weight is 489 g/mol. The molecule has 1 aliphatic rings. The fourth-order valence-electron chi connectivity index (χ4n) is 3.00. The Balaban J connectivity index is 1.49. The molecule has 10 heteroatoms. The Labute approximate surface area is 193 Å². The number of likely N-dealkylation sites (tertiary alicyclic amines) is 1. The zero-order chi connectivity index (χ0) is 21.7. The number of benzene rings is 1. The van der Waals surface area contributed by atoms with Gasteiger partial charge in [0.25, 0.3) is 0 Å². The molecule has 2 heterocycles. The van der Waals surface area contributed by atoms with Crippen LogP contribution in [0.1, 0.15) is 37.2 Å². The highest BCUT2D eigenvalue weighted by atomic mass is 35.5. The molecule has 1 fully saturated rings. The SMILES string of the molecule is CC(C)OC(=O)c1csc(SCCN2C(=O)CC[C@@H]2COc2cc(Cl)cc(Cl)c2)n1. The third kappa shape index (κ3) is 6.51. The highest BCUT2D eigenvalue weighted by Crippen LogP contribution is 2.27. The van der Waals surface area contributed by atoms with Crippen molar-refractivity contribution in [1.29, 1.82) is 0 Å². The molecule has 0 bridgehead atoms. The second kappa shape index (κ2) is 10.7. The lowest BCUT2D eigenvalue weighted by atomic mass is 10.2. The van der Waals surface area contributed by atoms with Crippen molar-refractivity contribution in [2.75, 3.05) is 18.9 Å². The van der Waals surface area contributed by atoms with Gasteiger partial charge in [-0.25, -0.2) is 9.78 Å². The lowest BCUT2D eigenvalue weighted by Crippen LogP contribution is -2.38. The first-order valence-electron chi connectivity index (χ1n) is 9.49. The Hall–Kier alpha value is -1.48. The maximum absolute atomic E-state index is 12.3. The predicted molar refractivity (Wildman–Crippen MR) is 120 cm³/mol. The first-order valence-corrected chi connectivity index (χ1v) is 12.1.